The van der Waals surface area contributed by atoms with Crippen molar-refractivity contribution in [2.24, 2.45) is 5.73 Å². The fourth-order valence-corrected chi connectivity index (χ4v) is 3.27. The number of amides is 1. The lowest BCUT2D eigenvalue weighted by atomic mass is 9.99. The summed E-state index contributed by atoms with van der Waals surface area (Å²) in [5.74, 6) is -0.266. The van der Waals surface area contributed by atoms with E-state index in [9.17, 15) is 4.79 Å². The van der Waals surface area contributed by atoms with Crippen molar-refractivity contribution in [2.75, 3.05) is 32.7 Å². The highest BCUT2D eigenvalue weighted by Crippen LogP contribution is 2.18. The number of nitrogens with two attached hydrogens (primary N) is 1. The predicted molar refractivity (Wildman–Crippen MR) is 83.6 cm³/mol. The van der Waals surface area contributed by atoms with Crippen LogP contribution in [0.4, 0.5) is 0 Å². The standard InChI is InChI=1S/C15H32N4O/c1-6-19(7-2)13-8-9-18(10-13)11-15(5,14(16)20)17-12(3)4/h12-13,17H,6-11H2,1-5H3,(H2,16,20). The van der Waals surface area contributed by atoms with Crippen molar-refractivity contribution in [2.45, 2.75) is 58.7 Å². The molecule has 20 heavy (non-hydrogen) atoms. The molecule has 1 aliphatic rings. The van der Waals surface area contributed by atoms with E-state index in [1.165, 1.54) is 6.42 Å². The first-order valence-electron chi connectivity index (χ1n) is 7.86. The van der Waals surface area contributed by atoms with Crippen LogP contribution in [0.3, 0.4) is 0 Å². The number of hydrogen-bond donors (Lipinski definition) is 2. The monoisotopic (exact) mass is 284 g/mol. The van der Waals surface area contributed by atoms with Crippen molar-refractivity contribution in [3.8, 4) is 0 Å². The van der Waals surface area contributed by atoms with E-state index in [1.54, 1.807) is 0 Å². The molecule has 0 spiro atoms. The van der Waals surface area contributed by atoms with Crippen molar-refractivity contribution < 1.29 is 4.79 Å². The Kier molecular flexibility index (Phi) is 6.43. The molecular formula is C15H32N4O. The molecule has 1 fully saturated rings. The van der Waals surface area contributed by atoms with Gasteiger partial charge in [-0.25, -0.2) is 0 Å². The maximum Gasteiger partial charge on any atom is 0.238 e. The minimum absolute atomic E-state index is 0.244. The summed E-state index contributed by atoms with van der Waals surface area (Å²) in [5.41, 5.74) is 4.96. The zero-order valence-electron chi connectivity index (χ0n) is 13.8. The van der Waals surface area contributed by atoms with E-state index in [0.717, 1.165) is 26.2 Å². The van der Waals surface area contributed by atoms with Crippen LogP contribution >= 0.6 is 0 Å². The summed E-state index contributed by atoms with van der Waals surface area (Å²) in [5, 5.41) is 3.32. The SMILES string of the molecule is CCN(CC)C1CCN(CC(C)(NC(C)C)C(N)=O)C1. The summed E-state index contributed by atoms with van der Waals surface area (Å²) in [4.78, 5) is 16.7. The molecular weight excluding hydrogens is 252 g/mol. The first-order valence-corrected chi connectivity index (χ1v) is 7.86. The average Bonchev–Trinajstić information content (AvgIpc) is 2.77. The molecule has 0 radical (unpaired) electrons. The topological polar surface area (TPSA) is 61.6 Å². The van der Waals surface area contributed by atoms with Gasteiger partial charge in [0.25, 0.3) is 0 Å². The van der Waals surface area contributed by atoms with Gasteiger partial charge in [-0.2, -0.15) is 0 Å². The molecule has 118 valence electrons. The summed E-state index contributed by atoms with van der Waals surface area (Å²) in [6.45, 7) is 15.4. The van der Waals surface area contributed by atoms with Crippen LogP contribution in [-0.4, -0.2) is 66.1 Å². The number of likely N-dealkylation sites (tertiary alicyclic amines) is 1. The first kappa shape index (κ1) is 17.4. The molecule has 3 N–H and O–H groups in total. The van der Waals surface area contributed by atoms with E-state index in [2.05, 4.69) is 29.0 Å². The minimum atomic E-state index is -0.647. The van der Waals surface area contributed by atoms with Gasteiger partial charge in [0.1, 0.15) is 5.54 Å². The molecule has 0 aromatic heterocycles. The quantitative estimate of drug-likeness (QED) is 0.687. The number of carbonyl (C=O) groups excluding carboxylic acids is 1. The lowest BCUT2D eigenvalue weighted by Crippen LogP contribution is -2.61. The Balaban J connectivity index is 2.61. The third-order valence-electron chi connectivity index (χ3n) is 4.27. The highest BCUT2D eigenvalue weighted by molar-refractivity contribution is 5.84. The van der Waals surface area contributed by atoms with Crippen LogP contribution in [0.25, 0.3) is 0 Å². The number of hydrogen-bond acceptors (Lipinski definition) is 4. The number of primary amides is 1. The third-order valence-corrected chi connectivity index (χ3v) is 4.27. The van der Waals surface area contributed by atoms with E-state index >= 15 is 0 Å². The Bertz CT molecular complexity index is 317. The molecule has 1 heterocycles. The molecule has 5 nitrogen and oxygen atoms in total. The van der Waals surface area contributed by atoms with Crippen molar-refractivity contribution in [3.63, 3.8) is 0 Å². The third kappa shape index (κ3) is 4.43. The van der Waals surface area contributed by atoms with Gasteiger partial charge >= 0.3 is 0 Å². The first-order chi connectivity index (χ1) is 9.32. The number of nitrogens with one attached hydrogen (secondary N) is 1. The van der Waals surface area contributed by atoms with Crippen LogP contribution < -0.4 is 11.1 Å². The molecule has 5 heteroatoms. The lowest BCUT2D eigenvalue weighted by Gasteiger charge is -2.34. The van der Waals surface area contributed by atoms with E-state index in [0.29, 0.717) is 12.6 Å². The molecule has 0 aromatic carbocycles. The Morgan fingerprint density at radius 2 is 2.05 bits per heavy atom. The second kappa shape index (κ2) is 7.38. The molecule has 1 amide bonds. The molecule has 1 saturated heterocycles. The Morgan fingerprint density at radius 3 is 2.50 bits per heavy atom. The van der Waals surface area contributed by atoms with Gasteiger partial charge in [-0.3, -0.25) is 14.6 Å². The molecule has 2 unspecified atom stereocenters. The zero-order valence-corrected chi connectivity index (χ0v) is 13.8. The number of likely N-dealkylation sites (N-methyl/N-ethyl adjacent to an activating group) is 1. The Hall–Kier alpha value is -0.650. The van der Waals surface area contributed by atoms with Crippen LogP contribution in [0.5, 0.6) is 0 Å². The van der Waals surface area contributed by atoms with Gasteiger partial charge < -0.3 is 11.1 Å². The van der Waals surface area contributed by atoms with Gasteiger partial charge in [-0.15, -0.1) is 0 Å². The van der Waals surface area contributed by atoms with Gasteiger partial charge in [0.2, 0.25) is 5.91 Å². The van der Waals surface area contributed by atoms with Crippen LogP contribution in [0.2, 0.25) is 0 Å². The molecule has 1 aliphatic heterocycles. The van der Waals surface area contributed by atoms with Crippen LogP contribution in [0, 0.1) is 0 Å². The Morgan fingerprint density at radius 1 is 1.45 bits per heavy atom. The van der Waals surface area contributed by atoms with Crippen molar-refractivity contribution in [1.82, 2.24) is 15.1 Å². The molecule has 0 saturated carbocycles. The highest BCUT2D eigenvalue weighted by atomic mass is 16.1. The summed E-state index contributed by atoms with van der Waals surface area (Å²) in [6, 6.07) is 0.856. The van der Waals surface area contributed by atoms with Crippen LogP contribution in [0.1, 0.15) is 41.0 Å². The van der Waals surface area contributed by atoms with E-state index in [-0.39, 0.29) is 11.9 Å². The maximum atomic E-state index is 11.8. The molecule has 1 rings (SSSR count). The number of rotatable bonds is 8. The molecule has 0 bridgehead atoms. The van der Waals surface area contributed by atoms with Gasteiger partial charge in [0.05, 0.1) is 0 Å². The summed E-state index contributed by atoms with van der Waals surface area (Å²) in [7, 11) is 0. The molecule has 2 atom stereocenters. The predicted octanol–water partition coefficient (Wildman–Crippen LogP) is 0.645. The minimum Gasteiger partial charge on any atom is -0.368 e. The summed E-state index contributed by atoms with van der Waals surface area (Å²) < 4.78 is 0. The van der Waals surface area contributed by atoms with E-state index < -0.39 is 5.54 Å². The smallest absolute Gasteiger partial charge is 0.238 e. The van der Waals surface area contributed by atoms with Gasteiger partial charge in [-0.05, 0) is 46.8 Å². The van der Waals surface area contributed by atoms with Crippen molar-refractivity contribution in [1.29, 1.82) is 0 Å². The zero-order chi connectivity index (χ0) is 15.3. The van der Waals surface area contributed by atoms with E-state index in [4.69, 9.17) is 5.73 Å². The van der Waals surface area contributed by atoms with E-state index in [1.807, 2.05) is 20.8 Å². The number of carbonyl (C=O) groups is 1. The fourth-order valence-electron chi connectivity index (χ4n) is 3.27. The molecule has 0 aromatic rings. The fraction of sp³-hybridized carbons (Fsp3) is 0.933. The lowest BCUT2D eigenvalue weighted by molar-refractivity contribution is -0.124. The average molecular weight is 284 g/mol. The van der Waals surface area contributed by atoms with Gasteiger partial charge in [0.15, 0.2) is 0 Å². The molecule has 0 aliphatic carbocycles. The van der Waals surface area contributed by atoms with Crippen molar-refractivity contribution in [3.05, 3.63) is 0 Å². The largest absolute Gasteiger partial charge is 0.368 e. The second-order valence-corrected chi connectivity index (χ2v) is 6.39. The van der Waals surface area contributed by atoms with Crippen LogP contribution in [0.15, 0.2) is 0 Å². The van der Waals surface area contributed by atoms with Gasteiger partial charge in [-0.1, -0.05) is 13.8 Å². The second-order valence-electron chi connectivity index (χ2n) is 6.39. The highest BCUT2D eigenvalue weighted by Gasteiger charge is 2.36. The Labute approximate surface area is 123 Å². The van der Waals surface area contributed by atoms with Crippen LogP contribution in [-0.2, 0) is 4.79 Å². The summed E-state index contributed by atoms with van der Waals surface area (Å²) in [6.07, 6.45) is 1.18. The normalized spacial score (nSPS) is 23.4. The number of nitrogens with zero attached hydrogens (tertiary/aromatic N) is 2. The summed E-state index contributed by atoms with van der Waals surface area (Å²) >= 11 is 0. The maximum absolute atomic E-state index is 11.8. The van der Waals surface area contributed by atoms with Crippen molar-refractivity contribution >= 4 is 5.91 Å². The van der Waals surface area contributed by atoms with Gasteiger partial charge in [0, 0.05) is 25.2 Å².